The van der Waals surface area contributed by atoms with Crippen molar-refractivity contribution in [1.29, 1.82) is 5.26 Å². The van der Waals surface area contributed by atoms with Gasteiger partial charge in [-0.15, -0.1) is 5.10 Å². The number of benzene rings is 1. The predicted octanol–water partition coefficient (Wildman–Crippen LogP) is 3.37. The number of hydrogen-bond acceptors (Lipinski definition) is 8. The smallest absolute Gasteiger partial charge is 0.153 e. The number of nitrogens with zero attached hydrogens (tertiary/aromatic N) is 7. The molecule has 0 radical (unpaired) electrons. The fraction of sp³-hybridized carbons (Fsp3) is 0.167. The number of hydrogen-bond donors (Lipinski definition) is 3. The topological polar surface area (TPSA) is 141 Å². The van der Waals surface area contributed by atoms with Gasteiger partial charge in [-0.2, -0.15) is 15.5 Å². The molecule has 0 saturated heterocycles. The van der Waals surface area contributed by atoms with Crippen LogP contribution < -0.4 is 5.32 Å². The molecule has 0 amide bonds. The van der Waals surface area contributed by atoms with Crippen molar-refractivity contribution in [2.75, 3.05) is 11.9 Å². The highest BCUT2D eigenvalue weighted by molar-refractivity contribution is 5.82. The van der Waals surface area contributed by atoms with E-state index in [4.69, 9.17) is 4.98 Å². The number of rotatable bonds is 6. The Balaban J connectivity index is 1.59. The number of aryl methyl sites for hydroxylation is 2. The van der Waals surface area contributed by atoms with Crippen molar-refractivity contribution < 1.29 is 5.11 Å². The maximum atomic E-state index is 9.61. The zero-order valence-electron chi connectivity index (χ0n) is 18.6. The number of H-pyrrole nitrogens is 1. The Kier molecular flexibility index (Phi) is 5.45. The molecule has 3 N–H and O–H groups in total. The second-order valence-corrected chi connectivity index (χ2v) is 7.84. The molecule has 168 valence electrons. The van der Waals surface area contributed by atoms with Gasteiger partial charge in [0.25, 0.3) is 0 Å². The van der Waals surface area contributed by atoms with Crippen LogP contribution in [0.1, 0.15) is 22.5 Å². The number of aliphatic hydroxyl groups excluding tert-OH is 1. The lowest BCUT2D eigenvalue weighted by molar-refractivity contribution is 0.299. The number of aromatic amines is 1. The van der Waals surface area contributed by atoms with Crippen LogP contribution in [0.2, 0.25) is 0 Å². The molecule has 10 nitrogen and oxygen atoms in total. The molecule has 0 atom stereocenters. The van der Waals surface area contributed by atoms with E-state index < -0.39 is 0 Å². The van der Waals surface area contributed by atoms with Gasteiger partial charge in [0.1, 0.15) is 29.5 Å². The van der Waals surface area contributed by atoms with Gasteiger partial charge in [0.05, 0.1) is 28.1 Å². The van der Waals surface area contributed by atoms with E-state index in [-0.39, 0.29) is 6.61 Å². The third kappa shape index (κ3) is 3.85. The van der Waals surface area contributed by atoms with Crippen molar-refractivity contribution in [3.05, 3.63) is 71.3 Å². The van der Waals surface area contributed by atoms with Crippen LogP contribution in [0, 0.1) is 25.2 Å². The standard InChI is InChI=1S/C24H21N9O/c1-14-3-7-21(31-29-14)27-17-5-6-19-20(11-17)33(13-26-19)22-8-4-16(9-10-34)23(28-22)24-18(12-25)15(2)30-32-24/h3-8,11,13,34H,9-10H2,1-2H3,(H,27,31)(H,30,32). The molecule has 5 rings (SSSR count). The van der Waals surface area contributed by atoms with Crippen LogP contribution in [0.25, 0.3) is 28.2 Å². The third-order valence-corrected chi connectivity index (χ3v) is 5.49. The molecule has 4 heterocycles. The first kappa shape index (κ1) is 21.2. The van der Waals surface area contributed by atoms with E-state index in [9.17, 15) is 10.4 Å². The lowest BCUT2D eigenvalue weighted by atomic mass is 10.0. The van der Waals surface area contributed by atoms with Crippen LogP contribution >= 0.6 is 0 Å². The lowest BCUT2D eigenvalue weighted by Gasteiger charge is -2.11. The summed E-state index contributed by atoms with van der Waals surface area (Å²) in [5.41, 5.74) is 6.26. The van der Waals surface area contributed by atoms with Gasteiger partial charge in [0, 0.05) is 12.3 Å². The predicted molar refractivity (Wildman–Crippen MR) is 127 cm³/mol. The molecule has 0 aliphatic carbocycles. The van der Waals surface area contributed by atoms with E-state index in [1.165, 1.54) is 0 Å². The quantitative estimate of drug-likeness (QED) is 0.357. The van der Waals surface area contributed by atoms with E-state index in [1.54, 1.807) is 13.3 Å². The summed E-state index contributed by atoms with van der Waals surface area (Å²) in [6.07, 6.45) is 2.11. The molecular weight excluding hydrogens is 430 g/mol. The van der Waals surface area contributed by atoms with Crippen LogP contribution in [0.4, 0.5) is 11.5 Å². The first-order valence-electron chi connectivity index (χ1n) is 10.7. The molecular formula is C24H21N9O. The average molecular weight is 451 g/mol. The van der Waals surface area contributed by atoms with Crippen molar-refractivity contribution in [2.45, 2.75) is 20.3 Å². The second-order valence-electron chi connectivity index (χ2n) is 7.84. The summed E-state index contributed by atoms with van der Waals surface area (Å²) in [6, 6.07) is 15.5. The summed E-state index contributed by atoms with van der Waals surface area (Å²) in [5, 5.41) is 37.8. The maximum Gasteiger partial charge on any atom is 0.153 e. The normalized spacial score (nSPS) is 11.0. The van der Waals surface area contributed by atoms with E-state index in [1.807, 2.05) is 54.0 Å². The summed E-state index contributed by atoms with van der Waals surface area (Å²) >= 11 is 0. The summed E-state index contributed by atoms with van der Waals surface area (Å²) in [6.45, 7) is 3.64. The lowest BCUT2D eigenvalue weighted by Crippen LogP contribution is -2.03. The van der Waals surface area contributed by atoms with Crippen LogP contribution in [0.3, 0.4) is 0 Å². The Morgan fingerprint density at radius 1 is 1.09 bits per heavy atom. The molecule has 0 saturated carbocycles. The zero-order valence-corrected chi connectivity index (χ0v) is 18.6. The zero-order chi connectivity index (χ0) is 23.7. The molecule has 0 spiro atoms. The number of aliphatic hydroxyl groups is 1. The third-order valence-electron chi connectivity index (χ3n) is 5.49. The number of anilines is 2. The number of nitrogens with one attached hydrogen (secondary N) is 2. The Morgan fingerprint density at radius 3 is 2.74 bits per heavy atom. The Morgan fingerprint density at radius 2 is 1.97 bits per heavy atom. The summed E-state index contributed by atoms with van der Waals surface area (Å²) < 4.78 is 1.87. The molecule has 0 bridgehead atoms. The second kappa shape index (κ2) is 8.73. The molecule has 34 heavy (non-hydrogen) atoms. The van der Waals surface area contributed by atoms with E-state index in [2.05, 4.69) is 36.8 Å². The average Bonchev–Trinajstić information content (AvgIpc) is 3.44. The van der Waals surface area contributed by atoms with Crippen molar-refractivity contribution in [2.24, 2.45) is 0 Å². The number of fused-ring (bicyclic) bond motifs is 1. The highest BCUT2D eigenvalue weighted by Gasteiger charge is 2.18. The van der Waals surface area contributed by atoms with Crippen molar-refractivity contribution in [3.63, 3.8) is 0 Å². The monoisotopic (exact) mass is 451 g/mol. The molecule has 4 aromatic heterocycles. The van der Waals surface area contributed by atoms with Crippen molar-refractivity contribution in [1.82, 2.24) is 34.9 Å². The number of aromatic nitrogens is 7. The van der Waals surface area contributed by atoms with Gasteiger partial charge < -0.3 is 10.4 Å². The van der Waals surface area contributed by atoms with Gasteiger partial charge in [0.15, 0.2) is 5.82 Å². The highest BCUT2D eigenvalue weighted by atomic mass is 16.2. The molecule has 10 heteroatoms. The van der Waals surface area contributed by atoms with Gasteiger partial charge in [0.2, 0.25) is 0 Å². The van der Waals surface area contributed by atoms with E-state index >= 15 is 0 Å². The van der Waals surface area contributed by atoms with Crippen LogP contribution in [-0.4, -0.2) is 46.6 Å². The summed E-state index contributed by atoms with van der Waals surface area (Å²) in [4.78, 5) is 9.34. The van der Waals surface area contributed by atoms with Crippen molar-refractivity contribution >= 4 is 22.5 Å². The molecule has 0 unspecified atom stereocenters. The summed E-state index contributed by atoms with van der Waals surface area (Å²) in [5.74, 6) is 1.26. The Labute approximate surface area is 195 Å². The van der Waals surface area contributed by atoms with Gasteiger partial charge >= 0.3 is 0 Å². The van der Waals surface area contributed by atoms with E-state index in [0.29, 0.717) is 40.7 Å². The van der Waals surface area contributed by atoms with Gasteiger partial charge in [-0.3, -0.25) is 9.67 Å². The first-order chi connectivity index (χ1) is 16.6. The highest BCUT2D eigenvalue weighted by Crippen LogP contribution is 2.28. The fourth-order valence-electron chi connectivity index (χ4n) is 3.76. The van der Waals surface area contributed by atoms with Crippen molar-refractivity contribution in [3.8, 4) is 23.3 Å². The van der Waals surface area contributed by atoms with Gasteiger partial charge in [-0.1, -0.05) is 6.07 Å². The number of imidazole rings is 1. The van der Waals surface area contributed by atoms with Gasteiger partial charge in [-0.25, -0.2) is 9.97 Å². The van der Waals surface area contributed by atoms with Crippen LogP contribution in [0.15, 0.2) is 48.8 Å². The minimum absolute atomic E-state index is 0.0374. The molecule has 5 aromatic rings. The molecule has 1 aromatic carbocycles. The van der Waals surface area contributed by atoms with Crippen LogP contribution in [0.5, 0.6) is 0 Å². The Hall–Kier alpha value is -4.62. The summed E-state index contributed by atoms with van der Waals surface area (Å²) in [7, 11) is 0. The number of pyridine rings is 1. The Bertz CT molecular complexity index is 1530. The van der Waals surface area contributed by atoms with Crippen LogP contribution in [-0.2, 0) is 6.42 Å². The minimum Gasteiger partial charge on any atom is -0.396 e. The number of nitriles is 1. The minimum atomic E-state index is -0.0374. The molecule has 0 aliphatic rings. The maximum absolute atomic E-state index is 9.61. The molecule has 0 aliphatic heterocycles. The first-order valence-corrected chi connectivity index (χ1v) is 10.7. The van der Waals surface area contributed by atoms with E-state index in [0.717, 1.165) is 28.0 Å². The molecule has 0 fully saturated rings. The SMILES string of the molecule is Cc1ccc(Nc2ccc3ncn(-c4ccc(CCO)c(-c5n[nH]c(C)c5C#N)n4)c3c2)nn1. The van der Waals surface area contributed by atoms with Gasteiger partial charge in [-0.05, 0) is 62.2 Å². The fourth-order valence-corrected chi connectivity index (χ4v) is 3.76. The largest absolute Gasteiger partial charge is 0.396 e.